The van der Waals surface area contributed by atoms with E-state index in [4.69, 9.17) is 4.74 Å². The Labute approximate surface area is 247 Å². The molecule has 6 rings (SSSR count). The van der Waals surface area contributed by atoms with Gasteiger partial charge in [0.2, 0.25) is 0 Å². The number of aliphatic hydroxyl groups excluding tert-OH is 1. The zero-order valence-corrected chi connectivity index (χ0v) is 25.5. The van der Waals surface area contributed by atoms with E-state index in [0.29, 0.717) is 28.9 Å². The van der Waals surface area contributed by atoms with Gasteiger partial charge < -0.3 is 14.9 Å². The molecule has 4 nitrogen and oxygen atoms in total. The highest BCUT2D eigenvalue weighted by Gasteiger charge is 2.60. The maximum atomic E-state index is 10.5. The fraction of sp³-hybridized carbons (Fsp3) is 0.649. The number of aliphatic imine (C=N–C) groups is 1. The van der Waals surface area contributed by atoms with Crippen LogP contribution in [0, 0.1) is 46.3 Å². The van der Waals surface area contributed by atoms with Crippen molar-refractivity contribution in [2.24, 2.45) is 51.3 Å². The molecule has 0 radical (unpaired) electrons. The third-order valence-corrected chi connectivity index (χ3v) is 12.6. The molecular formula is C37H51NO3. The summed E-state index contributed by atoms with van der Waals surface area (Å²) in [4.78, 5) is 4.44. The van der Waals surface area contributed by atoms with Crippen LogP contribution >= 0.6 is 0 Å². The summed E-state index contributed by atoms with van der Waals surface area (Å²) in [5.74, 6) is 5.86. The van der Waals surface area contributed by atoms with Crippen LogP contribution < -0.4 is 4.74 Å². The van der Waals surface area contributed by atoms with E-state index in [1.165, 1.54) is 51.4 Å². The molecule has 0 aromatic heterocycles. The number of fused-ring (bicyclic) bond motifs is 5. The van der Waals surface area contributed by atoms with E-state index in [1.54, 1.807) is 12.3 Å². The van der Waals surface area contributed by atoms with Gasteiger partial charge in [-0.25, -0.2) is 0 Å². The highest BCUT2D eigenvalue weighted by molar-refractivity contribution is 5.85. The third-order valence-electron chi connectivity index (χ3n) is 12.6. The Kier molecular flexibility index (Phi) is 8.24. The molecule has 0 spiro atoms. The second-order valence-electron chi connectivity index (χ2n) is 14.6. The van der Waals surface area contributed by atoms with Crippen molar-refractivity contribution in [1.29, 1.82) is 0 Å². The number of aliphatic hydroxyl groups is 1. The molecule has 0 saturated heterocycles. The zero-order chi connectivity index (χ0) is 28.6. The maximum Gasteiger partial charge on any atom is 0.128 e. The summed E-state index contributed by atoms with van der Waals surface area (Å²) in [5, 5.41) is 20.8. The van der Waals surface area contributed by atoms with E-state index in [0.717, 1.165) is 60.3 Å². The Hall–Kier alpha value is -2.33. The highest BCUT2D eigenvalue weighted by atomic mass is 16.5. The van der Waals surface area contributed by atoms with Gasteiger partial charge in [-0.05, 0) is 141 Å². The average molecular weight is 558 g/mol. The molecule has 4 heteroatoms. The number of aromatic hydroxyl groups is 1. The van der Waals surface area contributed by atoms with Gasteiger partial charge in [0.25, 0.3) is 0 Å². The number of phenols is 1. The van der Waals surface area contributed by atoms with Crippen LogP contribution in [0.3, 0.4) is 0 Å². The lowest BCUT2D eigenvalue weighted by molar-refractivity contribution is -0.129. The molecule has 41 heavy (non-hydrogen) atoms. The standard InChI is InChI=1S/C37H51NO3/c1-25(8-7-21-41-30-13-11-26(35(40)23-30)24-38-28-9-5-4-6-10-28)32-15-16-33-31-14-12-27-22-29(39)17-19-36(27,2)34(31)18-20-37(32,33)3/h4-6,9-11,13,23-25,27,29,31-34,39-40H,7-8,12,14-22H2,1-3H3/t25-,27-,29-,31+,32-,33+,34+,36+,37-/m1/s1. The van der Waals surface area contributed by atoms with Crippen molar-refractivity contribution < 1.29 is 14.9 Å². The monoisotopic (exact) mass is 557 g/mol. The summed E-state index contributed by atoms with van der Waals surface area (Å²) in [7, 11) is 0. The number of para-hydroxylation sites is 1. The van der Waals surface area contributed by atoms with Gasteiger partial charge in [-0.3, -0.25) is 4.99 Å². The summed E-state index contributed by atoms with van der Waals surface area (Å²) in [5.41, 5.74) is 2.51. The van der Waals surface area contributed by atoms with Crippen LogP contribution in [0.5, 0.6) is 11.5 Å². The molecular weight excluding hydrogens is 506 g/mol. The van der Waals surface area contributed by atoms with Crippen LogP contribution in [0.1, 0.15) is 97.0 Å². The Morgan fingerprint density at radius 2 is 1.73 bits per heavy atom. The number of nitrogens with zero attached hydrogens (tertiary/aromatic N) is 1. The molecule has 2 aromatic carbocycles. The number of hydrogen-bond donors (Lipinski definition) is 2. The number of ether oxygens (including phenoxy) is 1. The molecule has 0 amide bonds. The summed E-state index contributed by atoms with van der Waals surface area (Å²) in [6, 6.07) is 15.3. The van der Waals surface area contributed by atoms with E-state index in [9.17, 15) is 10.2 Å². The minimum absolute atomic E-state index is 0.0522. The van der Waals surface area contributed by atoms with E-state index in [2.05, 4.69) is 25.8 Å². The average Bonchev–Trinajstić information content (AvgIpc) is 3.33. The lowest BCUT2D eigenvalue weighted by Crippen LogP contribution is -2.54. The summed E-state index contributed by atoms with van der Waals surface area (Å²) >= 11 is 0. The van der Waals surface area contributed by atoms with Crippen molar-refractivity contribution in [3.05, 3.63) is 54.1 Å². The lowest BCUT2D eigenvalue weighted by Gasteiger charge is -2.61. The highest BCUT2D eigenvalue weighted by Crippen LogP contribution is 2.68. The number of hydrogen-bond acceptors (Lipinski definition) is 4. The number of rotatable bonds is 8. The van der Waals surface area contributed by atoms with Crippen LogP contribution in [0.4, 0.5) is 5.69 Å². The molecule has 4 saturated carbocycles. The van der Waals surface area contributed by atoms with Crippen molar-refractivity contribution in [3.8, 4) is 11.5 Å². The van der Waals surface area contributed by atoms with Crippen LogP contribution in [-0.4, -0.2) is 29.1 Å². The minimum atomic E-state index is -0.0522. The molecule has 4 aliphatic carbocycles. The van der Waals surface area contributed by atoms with Gasteiger partial charge in [0.15, 0.2) is 0 Å². The van der Waals surface area contributed by atoms with Crippen molar-refractivity contribution in [2.45, 2.75) is 97.5 Å². The van der Waals surface area contributed by atoms with E-state index >= 15 is 0 Å². The van der Waals surface area contributed by atoms with Crippen LogP contribution in [0.15, 0.2) is 53.5 Å². The molecule has 2 aromatic rings. The van der Waals surface area contributed by atoms with E-state index < -0.39 is 0 Å². The summed E-state index contributed by atoms with van der Waals surface area (Å²) in [6.07, 6.45) is 15.6. The van der Waals surface area contributed by atoms with Gasteiger partial charge >= 0.3 is 0 Å². The predicted molar refractivity (Wildman–Crippen MR) is 167 cm³/mol. The molecule has 222 valence electrons. The van der Waals surface area contributed by atoms with E-state index in [-0.39, 0.29) is 11.9 Å². The van der Waals surface area contributed by atoms with Crippen molar-refractivity contribution >= 4 is 11.9 Å². The predicted octanol–water partition coefficient (Wildman–Crippen LogP) is 8.96. The van der Waals surface area contributed by atoms with Gasteiger partial charge in [-0.2, -0.15) is 0 Å². The topological polar surface area (TPSA) is 62.0 Å². The quantitative estimate of drug-likeness (QED) is 0.251. The Bertz CT molecular complexity index is 1210. The van der Waals surface area contributed by atoms with Gasteiger partial charge in [-0.15, -0.1) is 0 Å². The first-order chi connectivity index (χ1) is 19.8. The molecule has 0 heterocycles. The van der Waals surface area contributed by atoms with E-state index in [1.807, 2.05) is 42.5 Å². The van der Waals surface area contributed by atoms with Crippen molar-refractivity contribution in [3.63, 3.8) is 0 Å². The molecule has 2 N–H and O–H groups in total. The minimum Gasteiger partial charge on any atom is -0.507 e. The first kappa shape index (κ1) is 28.8. The maximum absolute atomic E-state index is 10.5. The normalized spacial score (nSPS) is 37.3. The summed E-state index contributed by atoms with van der Waals surface area (Å²) in [6.45, 7) is 8.44. The second kappa shape index (κ2) is 11.7. The fourth-order valence-electron chi connectivity index (χ4n) is 10.4. The van der Waals surface area contributed by atoms with Crippen LogP contribution in [-0.2, 0) is 0 Å². The molecule has 4 aliphatic rings. The van der Waals surface area contributed by atoms with Crippen molar-refractivity contribution in [2.75, 3.05) is 6.61 Å². The fourth-order valence-corrected chi connectivity index (χ4v) is 10.4. The van der Waals surface area contributed by atoms with Gasteiger partial charge in [0.1, 0.15) is 11.5 Å². The first-order valence-electron chi connectivity index (χ1n) is 16.5. The second-order valence-corrected chi connectivity index (χ2v) is 14.6. The Morgan fingerprint density at radius 3 is 2.54 bits per heavy atom. The van der Waals surface area contributed by atoms with Gasteiger partial charge in [0.05, 0.1) is 18.4 Å². The Balaban J connectivity index is 1.00. The SMILES string of the molecule is C[C@H](CCCOc1ccc(C=Nc2ccccc2)c(O)c1)[C@H]1CC[C@H]2[C@@H]3CC[C@@H]4C[C@H](O)CC[C@]4(C)[C@H]3CC[C@]12C. The molecule has 0 unspecified atom stereocenters. The molecule has 0 aliphatic heterocycles. The summed E-state index contributed by atoms with van der Waals surface area (Å²) < 4.78 is 6.07. The first-order valence-corrected chi connectivity index (χ1v) is 16.5. The molecule has 4 fully saturated rings. The third kappa shape index (κ3) is 5.58. The van der Waals surface area contributed by atoms with Gasteiger partial charge in [-0.1, -0.05) is 39.0 Å². The smallest absolute Gasteiger partial charge is 0.128 e. The zero-order valence-electron chi connectivity index (χ0n) is 25.5. The van der Waals surface area contributed by atoms with Gasteiger partial charge in [0, 0.05) is 17.8 Å². The largest absolute Gasteiger partial charge is 0.507 e. The molecule has 9 atom stereocenters. The van der Waals surface area contributed by atoms with Crippen LogP contribution in [0.25, 0.3) is 0 Å². The molecule has 0 bridgehead atoms. The number of benzene rings is 2. The lowest BCUT2D eigenvalue weighted by atomic mass is 9.44. The van der Waals surface area contributed by atoms with Crippen LogP contribution in [0.2, 0.25) is 0 Å². The Morgan fingerprint density at radius 1 is 0.951 bits per heavy atom. The van der Waals surface area contributed by atoms with Crippen molar-refractivity contribution in [1.82, 2.24) is 0 Å². The number of phenolic OH excluding ortho intramolecular Hbond substituents is 1.